The number of nitrogens with one attached hydrogen (secondary N) is 1. The summed E-state index contributed by atoms with van der Waals surface area (Å²) in [7, 11) is -3.78. The Hall–Kier alpha value is -0.780. The molecule has 0 aliphatic rings. The van der Waals surface area contributed by atoms with Crippen LogP contribution in [-0.2, 0) is 10.0 Å². The molecule has 1 N–H and O–H groups in total. The predicted molar refractivity (Wildman–Crippen MR) is 91.3 cm³/mol. The summed E-state index contributed by atoms with van der Waals surface area (Å²) >= 11 is 17.7. The van der Waals surface area contributed by atoms with Gasteiger partial charge in [-0.3, -0.25) is 0 Å². The van der Waals surface area contributed by atoms with Crippen molar-refractivity contribution in [3.63, 3.8) is 0 Å². The smallest absolute Gasteiger partial charge is 0.207 e. The molecule has 2 aromatic rings. The molecule has 0 fully saturated rings. The van der Waals surface area contributed by atoms with Crippen LogP contribution in [0.5, 0.6) is 0 Å². The van der Waals surface area contributed by atoms with Crippen molar-refractivity contribution in [1.29, 1.82) is 0 Å². The van der Waals surface area contributed by atoms with Crippen LogP contribution in [-0.4, -0.2) is 8.42 Å². The van der Waals surface area contributed by atoms with Gasteiger partial charge in [0.2, 0.25) is 10.0 Å². The van der Waals surface area contributed by atoms with Gasteiger partial charge in [-0.15, -0.1) is 0 Å². The minimum atomic E-state index is -3.78. The summed E-state index contributed by atoms with van der Waals surface area (Å²) in [5, 5.41) is 1.03. The molecular formula is C15H14Cl3NO2S. The van der Waals surface area contributed by atoms with E-state index < -0.39 is 10.0 Å². The van der Waals surface area contributed by atoms with Crippen molar-refractivity contribution in [2.75, 3.05) is 0 Å². The maximum absolute atomic E-state index is 12.5. The Morgan fingerprint density at radius 2 is 1.59 bits per heavy atom. The van der Waals surface area contributed by atoms with Gasteiger partial charge in [-0.1, -0.05) is 53.9 Å². The van der Waals surface area contributed by atoms with Gasteiger partial charge in [-0.2, -0.15) is 0 Å². The molecule has 0 heterocycles. The highest BCUT2D eigenvalue weighted by molar-refractivity contribution is 7.89. The van der Waals surface area contributed by atoms with E-state index in [-0.39, 0.29) is 16.0 Å². The van der Waals surface area contributed by atoms with Gasteiger partial charge >= 0.3 is 0 Å². The topological polar surface area (TPSA) is 46.2 Å². The highest BCUT2D eigenvalue weighted by Crippen LogP contribution is 2.27. The number of hydrogen-bond donors (Lipinski definition) is 1. The zero-order valence-corrected chi connectivity index (χ0v) is 14.8. The van der Waals surface area contributed by atoms with Crippen LogP contribution in [0.25, 0.3) is 0 Å². The molecule has 0 aliphatic carbocycles. The molecule has 0 saturated carbocycles. The Kier molecular flexibility index (Phi) is 5.75. The molecule has 0 radical (unpaired) electrons. The summed E-state index contributed by atoms with van der Waals surface area (Å²) in [4.78, 5) is -0.0333. The first-order valence-corrected chi connectivity index (χ1v) is 9.18. The third-order valence-electron chi connectivity index (χ3n) is 3.16. The van der Waals surface area contributed by atoms with E-state index in [0.29, 0.717) is 16.5 Å². The molecule has 0 aromatic heterocycles. The van der Waals surface area contributed by atoms with E-state index in [1.54, 1.807) is 30.3 Å². The summed E-state index contributed by atoms with van der Waals surface area (Å²) in [5.41, 5.74) is 0.827. The quantitative estimate of drug-likeness (QED) is 0.789. The van der Waals surface area contributed by atoms with Crippen molar-refractivity contribution in [3.05, 3.63) is 63.1 Å². The van der Waals surface area contributed by atoms with E-state index >= 15 is 0 Å². The van der Waals surface area contributed by atoms with E-state index in [4.69, 9.17) is 34.8 Å². The zero-order valence-electron chi connectivity index (χ0n) is 11.7. The van der Waals surface area contributed by atoms with Crippen molar-refractivity contribution >= 4 is 44.8 Å². The average molecular weight is 379 g/mol. The van der Waals surface area contributed by atoms with E-state index in [1.807, 2.05) is 6.92 Å². The molecule has 1 atom stereocenters. The van der Waals surface area contributed by atoms with Crippen LogP contribution in [0.2, 0.25) is 15.1 Å². The molecule has 0 spiro atoms. The van der Waals surface area contributed by atoms with Crippen LogP contribution in [0.4, 0.5) is 0 Å². The third kappa shape index (κ3) is 4.15. The van der Waals surface area contributed by atoms with Crippen LogP contribution in [0.1, 0.15) is 24.9 Å². The third-order valence-corrected chi connectivity index (χ3v) is 5.60. The fourth-order valence-electron chi connectivity index (χ4n) is 2.02. The van der Waals surface area contributed by atoms with Crippen LogP contribution in [0.15, 0.2) is 47.4 Å². The number of sulfonamides is 1. The number of hydrogen-bond acceptors (Lipinski definition) is 2. The first-order chi connectivity index (χ1) is 10.3. The fraction of sp³-hybridized carbons (Fsp3) is 0.200. The largest absolute Gasteiger partial charge is 0.242 e. The lowest BCUT2D eigenvalue weighted by atomic mass is 10.1. The zero-order chi connectivity index (χ0) is 16.3. The van der Waals surface area contributed by atoms with Gasteiger partial charge in [0.15, 0.2) is 0 Å². The van der Waals surface area contributed by atoms with Gasteiger partial charge in [0.25, 0.3) is 0 Å². The Labute approximate surface area is 145 Å². The summed E-state index contributed by atoms with van der Waals surface area (Å²) in [6.45, 7) is 1.89. The molecule has 118 valence electrons. The van der Waals surface area contributed by atoms with Crippen LogP contribution in [0.3, 0.4) is 0 Å². The second-order valence-electron chi connectivity index (χ2n) is 4.71. The first-order valence-electron chi connectivity index (χ1n) is 6.56. The Morgan fingerprint density at radius 3 is 2.18 bits per heavy atom. The fourth-order valence-corrected chi connectivity index (χ4v) is 4.21. The first kappa shape index (κ1) is 17.6. The summed E-state index contributed by atoms with van der Waals surface area (Å²) in [5.74, 6) is 0. The second kappa shape index (κ2) is 7.20. The minimum absolute atomic E-state index is 0.0333. The normalized spacial score (nSPS) is 13.1. The lowest BCUT2D eigenvalue weighted by Gasteiger charge is -2.18. The van der Waals surface area contributed by atoms with Crippen LogP contribution in [0, 0.1) is 0 Å². The van der Waals surface area contributed by atoms with Crippen LogP contribution < -0.4 is 4.72 Å². The second-order valence-corrected chi connectivity index (χ2v) is 7.67. The van der Waals surface area contributed by atoms with E-state index in [9.17, 15) is 8.42 Å². The van der Waals surface area contributed by atoms with Gasteiger partial charge in [-0.05, 0) is 42.3 Å². The van der Waals surface area contributed by atoms with Gasteiger partial charge in [-0.25, -0.2) is 13.1 Å². The molecule has 0 saturated heterocycles. The monoisotopic (exact) mass is 377 g/mol. The maximum atomic E-state index is 12.5. The lowest BCUT2D eigenvalue weighted by molar-refractivity contribution is 0.550. The number of halogens is 3. The van der Waals surface area contributed by atoms with E-state index in [1.165, 1.54) is 12.1 Å². The average Bonchev–Trinajstić information content (AvgIpc) is 2.48. The van der Waals surface area contributed by atoms with Crippen molar-refractivity contribution in [1.82, 2.24) is 4.72 Å². The molecular weight excluding hydrogens is 365 g/mol. The molecule has 0 bridgehead atoms. The standard InChI is InChI=1S/C15H14Cl3NO2S/c1-2-14(10-3-5-11(16)6-4-10)19-22(20,21)15-9-12(17)7-8-13(15)18/h3-9,14,19H,2H2,1H3/t14-/m1/s1. The lowest BCUT2D eigenvalue weighted by Crippen LogP contribution is -2.28. The molecule has 22 heavy (non-hydrogen) atoms. The molecule has 0 amide bonds. The number of benzene rings is 2. The molecule has 0 unspecified atom stereocenters. The van der Waals surface area contributed by atoms with Gasteiger partial charge < -0.3 is 0 Å². The van der Waals surface area contributed by atoms with Crippen LogP contribution >= 0.6 is 34.8 Å². The Balaban J connectivity index is 2.33. The Morgan fingerprint density at radius 1 is 1.00 bits per heavy atom. The van der Waals surface area contributed by atoms with Crippen molar-refractivity contribution < 1.29 is 8.42 Å². The van der Waals surface area contributed by atoms with Gasteiger partial charge in [0.05, 0.1) is 5.02 Å². The van der Waals surface area contributed by atoms with Gasteiger partial charge in [0, 0.05) is 16.1 Å². The number of rotatable bonds is 5. The van der Waals surface area contributed by atoms with Crippen molar-refractivity contribution in [2.24, 2.45) is 0 Å². The predicted octanol–water partition coefficient (Wildman–Crippen LogP) is 5.08. The maximum Gasteiger partial charge on any atom is 0.242 e. The molecule has 2 rings (SSSR count). The summed E-state index contributed by atoms with van der Waals surface area (Å²) < 4.78 is 27.7. The van der Waals surface area contributed by atoms with E-state index in [2.05, 4.69) is 4.72 Å². The Bertz CT molecular complexity index is 761. The molecule has 2 aromatic carbocycles. The summed E-state index contributed by atoms with van der Waals surface area (Å²) in [6.07, 6.45) is 0.582. The summed E-state index contributed by atoms with van der Waals surface area (Å²) in [6, 6.07) is 11.0. The molecule has 3 nitrogen and oxygen atoms in total. The van der Waals surface area contributed by atoms with Gasteiger partial charge in [0.1, 0.15) is 4.90 Å². The highest BCUT2D eigenvalue weighted by Gasteiger charge is 2.23. The van der Waals surface area contributed by atoms with E-state index in [0.717, 1.165) is 5.56 Å². The molecule has 0 aliphatic heterocycles. The molecule has 7 heteroatoms. The van der Waals surface area contributed by atoms with Crippen molar-refractivity contribution in [3.8, 4) is 0 Å². The van der Waals surface area contributed by atoms with Crippen molar-refractivity contribution in [2.45, 2.75) is 24.3 Å². The highest BCUT2D eigenvalue weighted by atomic mass is 35.5. The minimum Gasteiger partial charge on any atom is -0.207 e. The SMILES string of the molecule is CC[C@@H](NS(=O)(=O)c1cc(Cl)ccc1Cl)c1ccc(Cl)cc1.